The number of carbonyl (C=O) groups is 1. The number of methoxy groups -OCH3 is 1. The summed E-state index contributed by atoms with van der Waals surface area (Å²) in [5.74, 6) is -0.165. The number of hydrogen-bond acceptors (Lipinski definition) is 6. The monoisotopic (exact) mass is 554 g/mol. The lowest BCUT2D eigenvalue weighted by Gasteiger charge is -2.41. The van der Waals surface area contributed by atoms with Crippen molar-refractivity contribution < 1.29 is 13.9 Å². The number of hydrogen-bond donors (Lipinski definition) is 0. The molecule has 4 aromatic rings. The molecule has 1 atom stereocenters. The van der Waals surface area contributed by atoms with E-state index in [-0.39, 0.29) is 23.5 Å². The zero-order valence-electron chi connectivity index (χ0n) is 20.8. The molecule has 38 heavy (non-hydrogen) atoms. The number of benzene rings is 1. The predicted octanol–water partition coefficient (Wildman–Crippen LogP) is 5.20. The number of amides is 1. The fourth-order valence-corrected chi connectivity index (χ4v) is 5.21. The van der Waals surface area contributed by atoms with Gasteiger partial charge in [-0.15, -0.1) is 0 Å². The van der Waals surface area contributed by atoms with Crippen molar-refractivity contribution in [1.82, 2.24) is 24.6 Å². The van der Waals surface area contributed by atoms with E-state index in [0.717, 1.165) is 0 Å². The van der Waals surface area contributed by atoms with Crippen LogP contribution in [0.2, 0.25) is 10.0 Å². The summed E-state index contributed by atoms with van der Waals surface area (Å²) < 4.78 is 21.5. The molecule has 3 aromatic heterocycles. The summed E-state index contributed by atoms with van der Waals surface area (Å²) in [5.41, 5.74) is 2.61. The minimum Gasteiger partial charge on any atom is -0.495 e. The number of pyridine rings is 2. The Morgan fingerprint density at radius 2 is 1.79 bits per heavy atom. The van der Waals surface area contributed by atoms with Gasteiger partial charge in [0.25, 0.3) is 0 Å². The minimum absolute atomic E-state index is 0.0358. The topological polar surface area (TPSA) is 76.4 Å². The van der Waals surface area contributed by atoms with Gasteiger partial charge in [-0.1, -0.05) is 35.3 Å². The summed E-state index contributed by atoms with van der Waals surface area (Å²) in [4.78, 5) is 26.0. The van der Waals surface area contributed by atoms with Crippen LogP contribution in [-0.2, 0) is 11.3 Å². The van der Waals surface area contributed by atoms with E-state index in [0.29, 0.717) is 58.9 Å². The molecule has 0 radical (unpaired) electrons. The van der Waals surface area contributed by atoms with Crippen LogP contribution in [0.25, 0.3) is 22.8 Å². The first-order valence-corrected chi connectivity index (χ1v) is 12.8. The lowest BCUT2D eigenvalue weighted by Crippen LogP contribution is -2.55. The first-order chi connectivity index (χ1) is 18.4. The second kappa shape index (κ2) is 11.0. The predicted molar refractivity (Wildman–Crippen MR) is 145 cm³/mol. The second-order valence-electron chi connectivity index (χ2n) is 8.92. The molecule has 0 saturated carbocycles. The molecular formula is C27H25Cl2FN6O2. The van der Waals surface area contributed by atoms with E-state index in [9.17, 15) is 9.18 Å². The Morgan fingerprint density at radius 1 is 1.08 bits per heavy atom. The maximum Gasteiger partial charge on any atom is 0.244 e. The van der Waals surface area contributed by atoms with Crippen LogP contribution >= 0.6 is 23.2 Å². The van der Waals surface area contributed by atoms with Gasteiger partial charge in [-0.2, -0.15) is 5.10 Å². The summed E-state index contributed by atoms with van der Waals surface area (Å²) in [6.07, 6.45) is 3.33. The second-order valence-corrected chi connectivity index (χ2v) is 9.70. The number of carbonyl (C=O) groups excluding carboxylic acids is 1. The molecule has 11 heteroatoms. The van der Waals surface area contributed by atoms with Crippen molar-refractivity contribution in [2.24, 2.45) is 0 Å². The first kappa shape index (κ1) is 25.9. The van der Waals surface area contributed by atoms with Gasteiger partial charge in [-0.3, -0.25) is 19.4 Å². The summed E-state index contributed by atoms with van der Waals surface area (Å²) in [6, 6.07) is 13.6. The summed E-state index contributed by atoms with van der Waals surface area (Å²) in [6.45, 7) is 3.20. The summed E-state index contributed by atoms with van der Waals surface area (Å²) >= 11 is 12.8. The Balaban J connectivity index is 1.39. The van der Waals surface area contributed by atoms with Gasteiger partial charge in [0, 0.05) is 44.1 Å². The number of halogens is 3. The zero-order valence-corrected chi connectivity index (χ0v) is 22.3. The van der Waals surface area contributed by atoms with Gasteiger partial charge in [0.1, 0.15) is 29.5 Å². The van der Waals surface area contributed by atoms with Gasteiger partial charge in [0.15, 0.2) is 0 Å². The highest BCUT2D eigenvalue weighted by atomic mass is 35.5. The van der Waals surface area contributed by atoms with Gasteiger partial charge < -0.3 is 14.5 Å². The fraction of sp³-hybridized carbons (Fsp3) is 0.259. The Hall–Kier alpha value is -3.69. The van der Waals surface area contributed by atoms with Crippen molar-refractivity contribution in [3.05, 3.63) is 76.8 Å². The third-order valence-corrected chi connectivity index (χ3v) is 7.16. The van der Waals surface area contributed by atoms with E-state index in [1.807, 2.05) is 48.2 Å². The van der Waals surface area contributed by atoms with Gasteiger partial charge in [-0.25, -0.2) is 4.39 Å². The van der Waals surface area contributed by atoms with Crippen LogP contribution in [0.5, 0.6) is 5.75 Å². The standard InChI is InChI=1S/C27H25Cl2FN6O2/c1-17-15-34(22-14-23(38-2)18(28)13-19(22)30)11-12-35(17)24(37)16-36-27(21-8-4-6-10-32-21)25(29)26(33-36)20-7-3-5-9-31-20/h3-10,13-14,17H,11-12,15-16H2,1-2H3. The molecule has 1 fully saturated rings. The quantitative estimate of drug-likeness (QED) is 0.326. The molecule has 1 aromatic carbocycles. The molecule has 1 aliphatic rings. The highest BCUT2D eigenvalue weighted by Crippen LogP contribution is 2.36. The van der Waals surface area contributed by atoms with E-state index in [4.69, 9.17) is 27.9 Å². The van der Waals surface area contributed by atoms with Crippen LogP contribution in [0.1, 0.15) is 6.92 Å². The summed E-state index contributed by atoms with van der Waals surface area (Å²) in [7, 11) is 1.49. The van der Waals surface area contributed by atoms with E-state index in [1.54, 1.807) is 28.0 Å². The Morgan fingerprint density at radius 3 is 2.42 bits per heavy atom. The first-order valence-electron chi connectivity index (χ1n) is 12.0. The molecule has 4 heterocycles. The molecule has 0 N–H and O–H groups in total. The van der Waals surface area contributed by atoms with Crippen LogP contribution in [0.15, 0.2) is 60.9 Å². The molecule has 1 saturated heterocycles. The molecule has 0 aliphatic carbocycles. The average Bonchev–Trinajstić information content (AvgIpc) is 3.25. The zero-order chi connectivity index (χ0) is 26.8. The molecule has 196 valence electrons. The fourth-order valence-electron chi connectivity index (χ4n) is 4.65. The van der Waals surface area contributed by atoms with Gasteiger partial charge in [0.2, 0.25) is 5.91 Å². The molecule has 1 amide bonds. The Kier molecular flexibility index (Phi) is 7.49. The third kappa shape index (κ3) is 5.04. The van der Waals surface area contributed by atoms with Crippen LogP contribution < -0.4 is 9.64 Å². The van der Waals surface area contributed by atoms with E-state index < -0.39 is 5.82 Å². The summed E-state index contributed by atoms with van der Waals surface area (Å²) in [5, 5.41) is 5.25. The largest absolute Gasteiger partial charge is 0.495 e. The van der Waals surface area contributed by atoms with Gasteiger partial charge in [-0.05, 0) is 37.3 Å². The number of aromatic nitrogens is 4. The third-order valence-electron chi connectivity index (χ3n) is 6.50. The van der Waals surface area contributed by atoms with E-state index in [1.165, 1.54) is 13.2 Å². The highest BCUT2D eigenvalue weighted by Gasteiger charge is 2.31. The van der Waals surface area contributed by atoms with Crippen molar-refractivity contribution >= 4 is 34.8 Å². The molecule has 0 bridgehead atoms. The van der Waals surface area contributed by atoms with Crippen molar-refractivity contribution in [2.45, 2.75) is 19.5 Å². The maximum absolute atomic E-state index is 14.7. The lowest BCUT2D eigenvalue weighted by molar-refractivity contribution is -0.134. The average molecular weight is 555 g/mol. The van der Waals surface area contributed by atoms with Gasteiger partial charge >= 0.3 is 0 Å². The van der Waals surface area contributed by atoms with Crippen LogP contribution in [0.4, 0.5) is 10.1 Å². The van der Waals surface area contributed by atoms with Crippen molar-refractivity contribution in [3.8, 4) is 28.5 Å². The lowest BCUT2D eigenvalue weighted by atomic mass is 10.1. The Labute approximate surface area is 229 Å². The maximum atomic E-state index is 14.7. The number of rotatable bonds is 6. The molecular weight excluding hydrogens is 530 g/mol. The number of ether oxygens (including phenoxy) is 1. The number of anilines is 1. The smallest absolute Gasteiger partial charge is 0.244 e. The molecule has 8 nitrogen and oxygen atoms in total. The molecule has 1 aliphatic heterocycles. The van der Waals surface area contributed by atoms with Crippen LogP contribution in [0.3, 0.4) is 0 Å². The van der Waals surface area contributed by atoms with Crippen molar-refractivity contribution in [2.75, 3.05) is 31.6 Å². The highest BCUT2D eigenvalue weighted by molar-refractivity contribution is 6.35. The molecule has 5 rings (SSSR count). The molecule has 0 spiro atoms. The van der Waals surface area contributed by atoms with Crippen LogP contribution in [0, 0.1) is 5.82 Å². The SMILES string of the molecule is COc1cc(N2CCN(C(=O)Cn3nc(-c4ccccn4)c(Cl)c3-c3ccccn3)C(C)C2)c(F)cc1Cl. The Bertz CT molecular complexity index is 1450. The van der Waals surface area contributed by atoms with Crippen molar-refractivity contribution in [1.29, 1.82) is 0 Å². The molecule has 1 unspecified atom stereocenters. The van der Waals surface area contributed by atoms with E-state index in [2.05, 4.69) is 15.1 Å². The van der Waals surface area contributed by atoms with Crippen LogP contribution in [-0.4, -0.2) is 63.3 Å². The van der Waals surface area contributed by atoms with Gasteiger partial charge in [0.05, 0.1) is 34.2 Å². The van der Waals surface area contributed by atoms with Crippen molar-refractivity contribution in [3.63, 3.8) is 0 Å². The number of nitrogens with zero attached hydrogens (tertiary/aromatic N) is 6. The van der Waals surface area contributed by atoms with E-state index >= 15 is 0 Å². The normalized spacial score (nSPS) is 15.6. The minimum atomic E-state index is -0.434. The number of piperazine rings is 1.